The van der Waals surface area contributed by atoms with Gasteiger partial charge in [-0.15, -0.1) is 0 Å². The summed E-state index contributed by atoms with van der Waals surface area (Å²) < 4.78 is 4.78. The minimum Gasteiger partial charge on any atom is -0.429 e. The van der Waals surface area contributed by atoms with Crippen LogP contribution in [-0.2, 0) is 15.0 Å². The monoisotopic (exact) mass is 256 g/mol. The number of rotatable bonds is 4. The molecule has 0 unspecified atom stereocenters. The highest BCUT2D eigenvalue weighted by Gasteiger charge is 2.25. The van der Waals surface area contributed by atoms with Crippen molar-refractivity contribution in [3.05, 3.63) is 53.6 Å². The van der Waals surface area contributed by atoms with Gasteiger partial charge in [-0.3, -0.25) is 9.59 Å². The molecular formula is C16H16O3. The molecule has 0 amide bonds. The van der Waals surface area contributed by atoms with Gasteiger partial charge in [-0.25, -0.2) is 0 Å². The van der Waals surface area contributed by atoms with Gasteiger partial charge in [-0.1, -0.05) is 38.1 Å². The van der Waals surface area contributed by atoms with E-state index in [-0.39, 0.29) is 11.2 Å². The molecule has 0 saturated carbocycles. The summed E-state index contributed by atoms with van der Waals surface area (Å²) in [7, 11) is 0. The van der Waals surface area contributed by atoms with E-state index >= 15 is 0 Å². The van der Waals surface area contributed by atoms with Crippen LogP contribution in [0.5, 0.6) is 5.75 Å². The van der Waals surface area contributed by atoms with Crippen LogP contribution in [0.3, 0.4) is 0 Å². The van der Waals surface area contributed by atoms with Crippen LogP contribution in [-0.4, -0.2) is 12.3 Å². The van der Waals surface area contributed by atoms with Crippen LogP contribution in [0.15, 0.2) is 48.1 Å². The first kappa shape index (κ1) is 13.3. The van der Waals surface area contributed by atoms with Crippen LogP contribution in [0, 0.1) is 0 Å². The largest absolute Gasteiger partial charge is 0.429 e. The molecular weight excluding hydrogens is 240 g/mol. The molecule has 0 aromatic heterocycles. The number of ether oxygens (including phenoxy) is 1. The van der Waals surface area contributed by atoms with Gasteiger partial charge in [0.1, 0.15) is 5.75 Å². The molecule has 1 aromatic carbocycles. The Morgan fingerprint density at radius 1 is 1.16 bits per heavy atom. The average Bonchev–Trinajstić information content (AvgIpc) is 2.40. The molecule has 1 aromatic rings. The van der Waals surface area contributed by atoms with Gasteiger partial charge >= 0.3 is 0 Å². The molecule has 0 saturated heterocycles. The standard InChI is InChI=1S/C16H16O3/c1-16(2,12-3-7-14(18)8-4-12)13-5-9-15(10-6-13)19-11-17/h3-7,9-11H,8H2,1-2H3. The molecule has 1 aliphatic carbocycles. The zero-order chi connectivity index (χ0) is 13.9. The Hall–Kier alpha value is -2.16. The summed E-state index contributed by atoms with van der Waals surface area (Å²) in [6.45, 7) is 4.63. The fraction of sp³-hybridized carbons (Fsp3) is 0.250. The third kappa shape index (κ3) is 2.81. The van der Waals surface area contributed by atoms with Crippen molar-refractivity contribution < 1.29 is 14.3 Å². The number of hydrogen-bond acceptors (Lipinski definition) is 3. The molecule has 0 radical (unpaired) electrons. The minimum absolute atomic E-state index is 0.134. The molecule has 0 bridgehead atoms. The highest BCUT2D eigenvalue weighted by Crippen LogP contribution is 2.34. The van der Waals surface area contributed by atoms with E-state index in [9.17, 15) is 9.59 Å². The maximum absolute atomic E-state index is 11.2. The molecule has 0 atom stereocenters. The third-order valence-corrected chi connectivity index (χ3v) is 3.45. The smallest absolute Gasteiger partial charge is 0.298 e. The Balaban J connectivity index is 2.26. The number of ketones is 1. The first-order chi connectivity index (χ1) is 9.04. The first-order valence-electron chi connectivity index (χ1n) is 6.16. The van der Waals surface area contributed by atoms with Crippen molar-refractivity contribution in [2.24, 2.45) is 0 Å². The number of allylic oxidation sites excluding steroid dienone is 4. The molecule has 19 heavy (non-hydrogen) atoms. The van der Waals surface area contributed by atoms with Crippen LogP contribution >= 0.6 is 0 Å². The molecule has 0 spiro atoms. The molecule has 0 fully saturated rings. The van der Waals surface area contributed by atoms with Crippen molar-refractivity contribution in [3.63, 3.8) is 0 Å². The van der Waals surface area contributed by atoms with Crippen molar-refractivity contribution >= 4 is 12.3 Å². The third-order valence-electron chi connectivity index (χ3n) is 3.45. The number of carbonyl (C=O) groups is 2. The van der Waals surface area contributed by atoms with Crippen molar-refractivity contribution in [1.29, 1.82) is 0 Å². The predicted molar refractivity (Wildman–Crippen MR) is 73.0 cm³/mol. The lowest BCUT2D eigenvalue weighted by atomic mass is 9.76. The van der Waals surface area contributed by atoms with E-state index in [1.54, 1.807) is 18.2 Å². The van der Waals surface area contributed by atoms with Gasteiger partial charge in [-0.2, -0.15) is 0 Å². The second kappa shape index (κ2) is 5.22. The zero-order valence-electron chi connectivity index (χ0n) is 11.1. The molecule has 98 valence electrons. The van der Waals surface area contributed by atoms with E-state index in [4.69, 9.17) is 4.74 Å². The van der Waals surface area contributed by atoms with Crippen LogP contribution in [0.1, 0.15) is 25.8 Å². The Labute approximate surface area is 112 Å². The first-order valence-corrected chi connectivity index (χ1v) is 6.16. The SMILES string of the molecule is CC(C)(C1=CCC(=O)C=C1)c1ccc(OC=O)cc1. The number of hydrogen-bond donors (Lipinski definition) is 0. The molecule has 0 aliphatic heterocycles. The quantitative estimate of drug-likeness (QED) is 0.778. The fourth-order valence-corrected chi connectivity index (χ4v) is 2.17. The molecule has 3 heteroatoms. The summed E-state index contributed by atoms with van der Waals surface area (Å²) in [5.74, 6) is 0.659. The molecule has 0 heterocycles. The van der Waals surface area contributed by atoms with E-state index in [0.717, 1.165) is 11.1 Å². The van der Waals surface area contributed by atoms with Gasteiger partial charge in [-0.05, 0) is 29.3 Å². The van der Waals surface area contributed by atoms with Crippen LogP contribution in [0.2, 0.25) is 0 Å². The van der Waals surface area contributed by atoms with E-state index in [2.05, 4.69) is 13.8 Å². The van der Waals surface area contributed by atoms with Gasteiger partial charge in [0.2, 0.25) is 0 Å². The van der Waals surface area contributed by atoms with Gasteiger partial charge in [0.15, 0.2) is 5.78 Å². The van der Waals surface area contributed by atoms with Gasteiger partial charge in [0, 0.05) is 11.8 Å². The number of carbonyl (C=O) groups excluding carboxylic acids is 2. The lowest BCUT2D eigenvalue weighted by Gasteiger charge is -2.28. The lowest BCUT2D eigenvalue weighted by molar-refractivity contribution is -0.120. The van der Waals surface area contributed by atoms with Crippen molar-refractivity contribution in [1.82, 2.24) is 0 Å². The van der Waals surface area contributed by atoms with Crippen molar-refractivity contribution in [2.75, 3.05) is 0 Å². The maximum atomic E-state index is 11.2. The van der Waals surface area contributed by atoms with E-state index in [1.807, 2.05) is 24.3 Å². The van der Waals surface area contributed by atoms with E-state index < -0.39 is 0 Å². The Kier molecular flexibility index (Phi) is 3.65. The molecule has 2 rings (SSSR count). The zero-order valence-corrected chi connectivity index (χ0v) is 11.1. The molecule has 1 aliphatic rings. The average molecular weight is 256 g/mol. The second-order valence-electron chi connectivity index (χ2n) is 5.03. The molecule has 3 nitrogen and oxygen atoms in total. The second-order valence-corrected chi connectivity index (χ2v) is 5.03. The van der Waals surface area contributed by atoms with Crippen molar-refractivity contribution in [3.8, 4) is 5.75 Å². The van der Waals surface area contributed by atoms with Crippen molar-refractivity contribution in [2.45, 2.75) is 25.7 Å². The maximum Gasteiger partial charge on any atom is 0.298 e. The van der Waals surface area contributed by atoms with E-state index in [0.29, 0.717) is 18.6 Å². The highest BCUT2D eigenvalue weighted by atomic mass is 16.5. The topological polar surface area (TPSA) is 43.4 Å². The minimum atomic E-state index is -0.184. The van der Waals surface area contributed by atoms with E-state index in [1.165, 1.54) is 0 Å². The summed E-state index contributed by atoms with van der Waals surface area (Å²) in [6.07, 6.45) is 5.93. The molecule has 0 N–H and O–H groups in total. The predicted octanol–water partition coefficient (Wildman–Crippen LogP) is 2.95. The van der Waals surface area contributed by atoms with Crippen LogP contribution in [0.4, 0.5) is 0 Å². The summed E-state index contributed by atoms with van der Waals surface area (Å²) in [6, 6.07) is 7.40. The number of benzene rings is 1. The van der Waals surface area contributed by atoms with Gasteiger partial charge < -0.3 is 4.74 Å². The normalized spacial score (nSPS) is 15.1. The Bertz CT molecular complexity index is 548. The summed E-state index contributed by atoms with van der Waals surface area (Å²) in [4.78, 5) is 21.5. The summed E-state index contributed by atoms with van der Waals surface area (Å²) in [5.41, 5.74) is 2.05. The van der Waals surface area contributed by atoms with Gasteiger partial charge in [0.05, 0.1) is 0 Å². The Morgan fingerprint density at radius 3 is 2.37 bits per heavy atom. The Morgan fingerprint density at radius 2 is 1.84 bits per heavy atom. The summed E-state index contributed by atoms with van der Waals surface area (Å²) >= 11 is 0. The highest BCUT2D eigenvalue weighted by molar-refractivity contribution is 5.92. The van der Waals surface area contributed by atoms with Crippen LogP contribution in [0.25, 0.3) is 0 Å². The summed E-state index contributed by atoms with van der Waals surface area (Å²) in [5, 5.41) is 0. The lowest BCUT2D eigenvalue weighted by Crippen LogP contribution is -2.21. The fourth-order valence-electron chi connectivity index (χ4n) is 2.17. The van der Waals surface area contributed by atoms with Crippen LogP contribution < -0.4 is 4.74 Å². The van der Waals surface area contributed by atoms with Gasteiger partial charge in [0.25, 0.3) is 6.47 Å².